The highest BCUT2D eigenvalue weighted by atomic mass is 35.5. The van der Waals surface area contributed by atoms with Crippen molar-refractivity contribution >= 4 is 23.0 Å². The maximum atomic E-state index is 6.16. The number of halogens is 1. The van der Waals surface area contributed by atoms with Crippen LogP contribution in [-0.2, 0) is 0 Å². The first-order chi connectivity index (χ1) is 10.1. The lowest BCUT2D eigenvalue weighted by Gasteiger charge is -2.26. The Balaban J connectivity index is 1.93. The average Bonchev–Trinajstić information content (AvgIpc) is 2.84. The number of anilines is 2. The summed E-state index contributed by atoms with van der Waals surface area (Å²) in [5, 5.41) is 11.6. The fraction of sp³-hybridized carbons (Fsp3) is 0.529. The highest BCUT2D eigenvalue weighted by molar-refractivity contribution is 6.29. The monoisotopic (exact) mass is 305 g/mol. The van der Waals surface area contributed by atoms with Gasteiger partial charge in [-0.05, 0) is 56.5 Å². The number of piperidine rings is 1. The summed E-state index contributed by atoms with van der Waals surface area (Å²) in [5.41, 5.74) is 6.34. The Morgan fingerprint density at radius 2 is 2.24 bits per heavy atom. The minimum absolute atomic E-state index is 0.584. The van der Waals surface area contributed by atoms with Crippen molar-refractivity contribution in [1.82, 2.24) is 5.32 Å². The lowest BCUT2D eigenvalue weighted by Crippen LogP contribution is -2.38. The molecule has 0 saturated carbocycles. The summed E-state index contributed by atoms with van der Waals surface area (Å²) in [4.78, 5) is 0. The van der Waals surface area contributed by atoms with Crippen molar-refractivity contribution in [1.29, 1.82) is 0 Å². The standard InChI is InChI=1S/C17H24ClN3/c1-4-15(11(3)18)20-12-7-10(2)17-13(8-12)14-9-19-6-5-16(14)21-17/h7-8,14,16,19-21H,4-6,9H2,1-3H3/b15-11-/t14?,16-/m0/s1. The largest absolute Gasteiger partial charge is 0.381 e. The molecule has 1 fully saturated rings. The third kappa shape index (κ3) is 2.77. The van der Waals surface area contributed by atoms with Gasteiger partial charge in [-0.15, -0.1) is 0 Å². The van der Waals surface area contributed by atoms with Gasteiger partial charge in [0.15, 0.2) is 0 Å². The predicted molar refractivity (Wildman–Crippen MR) is 91.3 cm³/mol. The van der Waals surface area contributed by atoms with Crippen LogP contribution in [0, 0.1) is 6.92 Å². The summed E-state index contributed by atoms with van der Waals surface area (Å²) in [6.45, 7) is 8.43. The van der Waals surface area contributed by atoms with E-state index in [1.54, 1.807) is 0 Å². The second-order valence-electron chi connectivity index (χ2n) is 6.10. The minimum Gasteiger partial charge on any atom is -0.381 e. The number of fused-ring (bicyclic) bond motifs is 3. The molecular formula is C17H24ClN3. The Kier molecular flexibility index (Phi) is 4.14. The Bertz CT molecular complexity index is 576. The number of nitrogens with one attached hydrogen (secondary N) is 3. The Morgan fingerprint density at radius 3 is 2.95 bits per heavy atom. The number of hydrogen-bond acceptors (Lipinski definition) is 3. The fourth-order valence-electron chi connectivity index (χ4n) is 3.51. The molecule has 0 radical (unpaired) electrons. The molecule has 2 aliphatic heterocycles. The molecule has 1 unspecified atom stereocenters. The number of benzene rings is 1. The predicted octanol–water partition coefficient (Wildman–Crippen LogP) is 4.16. The summed E-state index contributed by atoms with van der Waals surface area (Å²) in [6, 6.07) is 5.10. The molecule has 2 aliphatic rings. The molecule has 3 N–H and O–H groups in total. The molecule has 0 bridgehead atoms. The van der Waals surface area contributed by atoms with Crippen LogP contribution in [0.4, 0.5) is 11.4 Å². The molecule has 4 heteroatoms. The summed E-state index contributed by atoms with van der Waals surface area (Å²) in [6.07, 6.45) is 2.11. The molecule has 2 atom stereocenters. The lowest BCUT2D eigenvalue weighted by molar-refractivity contribution is 0.440. The van der Waals surface area contributed by atoms with Gasteiger partial charge in [0.25, 0.3) is 0 Å². The van der Waals surface area contributed by atoms with Gasteiger partial charge in [0, 0.05) is 40.6 Å². The zero-order chi connectivity index (χ0) is 15.0. The van der Waals surface area contributed by atoms with E-state index >= 15 is 0 Å². The molecule has 114 valence electrons. The number of aryl methyl sites for hydroxylation is 1. The van der Waals surface area contributed by atoms with Crippen LogP contribution in [0.1, 0.15) is 43.7 Å². The third-order valence-electron chi connectivity index (χ3n) is 4.64. The maximum Gasteiger partial charge on any atom is 0.0410 e. The molecule has 0 amide bonds. The van der Waals surface area contributed by atoms with Crippen molar-refractivity contribution in [2.75, 3.05) is 23.7 Å². The summed E-state index contributed by atoms with van der Waals surface area (Å²) >= 11 is 6.16. The van der Waals surface area contributed by atoms with Crippen molar-refractivity contribution in [3.63, 3.8) is 0 Å². The van der Waals surface area contributed by atoms with Crippen LogP contribution in [0.5, 0.6) is 0 Å². The Labute approximate surface area is 132 Å². The first-order valence-electron chi connectivity index (χ1n) is 7.84. The average molecular weight is 306 g/mol. The van der Waals surface area contributed by atoms with E-state index in [1.807, 2.05) is 6.92 Å². The lowest BCUT2D eigenvalue weighted by atomic mass is 9.89. The summed E-state index contributed by atoms with van der Waals surface area (Å²) in [5.74, 6) is 0.584. The van der Waals surface area contributed by atoms with Gasteiger partial charge >= 0.3 is 0 Å². The van der Waals surface area contributed by atoms with Crippen molar-refractivity contribution in [2.45, 2.75) is 45.6 Å². The zero-order valence-electron chi connectivity index (χ0n) is 13.0. The van der Waals surface area contributed by atoms with E-state index in [-0.39, 0.29) is 0 Å². The molecule has 2 heterocycles. The molecule has 3 nitrogen and oxygen atoms in total. The number of hydrogen-bond donors (Lipinski definition) is 3. The van der Waals surface area contributed by atoms with Crippen molar-refractivity contribution in [2.24, 2.45) is 0 Å². The van der Waals surface area contributed by atoms with Gasteiger partial charge in [0.05, 0.1) is 0 Å². The fourth-order valence-corrected chi connectivity index (χ4v) is 3.69. The van der Waals surface area contributed by atoms with Gasteiger partial charge in [-0.2, -0.15) is 0 Å². The highest BCUT2D eigenvalue weighted by Crippen LogP contribution is 2.42. The van der Waals surface area contributed by atoms with Crippen molar-refractivity contribution in [3.8, 4) is 0 Å². The first-order valence-corrected chi connectivity index (χ1v) is 8.22. The van der Waals surface area contributed by atoms with E-state index in [0.29, 0.717) is 12.0 Å². The maximum absolute atomic E-state index is 6.16. The Morgan fingerprint density at radius 1 is 1.43 bits per heavy atom. The SMILES string of the molecule is CC/C(Nc1cc(C)c2c(c1)C1CNCC[C@@H]1N2)=C(\C)Cl. The number of allylic oxidation sites excluding steroid dienone is 2. The third-order valence-corrected chi connectivity index (χ3v) is 4.87. The van der Waals surface area contributed by atoms with Crippen LogP contribution in [0.25, 0.3) is 0 Å². The zero-order valence-corrected chi connectivity index (χ0v) is 13.8. The van der Waals surface area contributed by atoms with E-state index in [2.05, 4.69) is 41.9 Å². The van der Waals surface area contributed by atoms with Crippen LogP contribution >= 0.6 is 11.6 Å². The highest BCUT2D eigenvalue weighted by Gasteiger charge is 2.34. The van der Waals surface area contributed by atoms with Gasteiger partial charge in [-0.3, -0.25) is 0 Å². The van der Waals surface area contributed by atoms with Gasteiger partial charge in [0.1, 0.15) is 0 Å². The quantitative estimate of drug-likeness (QED) is 0.785. The van der Waals surface area contributed by atoms with Crippen LogP contribution in [-0.4, -0.2) is 19.1 Å². The van der Waals surface area contributed by atoms with Crippen molar-refractivity contribution < 1.29 is 0 Å². The van der Waals surface area contributed by atoms with E-state index < -0.39 is 0 Å². The van der Waals surface area contributed by atoms with E-state index in [4.69, 9.17) is 11.6 Å². The molecule has 1 aromatic carbocycles. The van der Waals surface area contributed by atoms with Gasteiger partial charge in [0.2, 0.25) is 0 Å². The first kappa shape index (κ1) is 14.7. The van der Waals surface area contributed by atoms with Gasteiger partial charge in [-0.25, -0.2) is 0 Å². The topological polar surface area (TPSA) is 36.1 Å². The van der Waals surface area contributed by atoms with Crippen molar-refractivity contribution in [3.05, 3.63) is 34.0 Å². The molecule has 0 spiro atoms. The molecule has 21 heavy (non-hydrogen) atoms. The normalized spacial score (nSPS) is 24.8. The second kappa shape index (κ2) is 5.90. The molecule has 1 saturated heterocycles. The molecular weight excluding hydrogens is 282 g/mol. The van der Waals surface area contributed by atoms with Crippen LogP contribution in [0.2, 0.25) is 0 Å². The molecule has 0 aliphatic carbocycles. The summed E-state index contributed by atoms with van der Waals surface area (Å²) in [7, 11) is 0. The Hall–Kier alpha value is -1.19. The minimum atomic E-state index is 0.584. The summed E-state index contributed by atoms with van der Waals surface area (Å²) < 4.78 is 0. The molecule has 0 aromatic heterocycles. The molecule has 3 rings (SSSR count). The van der Waals surface area contributed by atoms with Crippen LogP contribution in [0.3, 0.4) is 0 Å². The van der Waals surface area contributed by atoms with Gasteiger partial charge in [-0.1, -0.05) is 18.5 Å². The molecule has 1 aromatic rings. The van der Waals surface area contributed by atoms with Crippen LogP contribution < -0.4 is 16.0 Å². The van der Waals surface area contributed by atoms with Gasteiger partial charge < -0.3 is 16.0 Å². The smallest absolute Gasteiger partial charge is 0.0410 e. The van der Waals surface area contributed by atoms with Crippen LogP contribution in [0.15, 0.2) is 22.9 Å². The van der Waals surface area contributed by atoms with E-state index in [0.717, 1.165) is 35.9 Å². The second-order valence-corrected chi connectivity index (χ2v) is 6.67. The van der Waals surface area contributed by atoms with E-state index in [1.165, 1.54) is 23.2 Å². The van der Waals surface area contributed by atoms with E-state index in [9.17, 15) is 0 Å². The number of rotatable bonds is 3.